The third-order valence-electron chi connectivity index (χ3n) is 4.75. The van der Waals surface area contributed by atoms with Crippen LogP contribution in [0.4, 0.5) is 11.5 Å². The van der Waals surface area contributed by atoms with Crippen LogP contribution in [0.3, 0.4) is 0 Å². The number of likely N-dealkylation sites (tertiary alicyclic amines) is 1. The number of nitrogens with one attached hydrogen (secondary N) is 1. The van der Waals surface area contributed by atoms with E-state index in [0.717, 1.165) is 12.0 Å². The molecule has 2 rings (SSSR count). The van der Waals surface area contributed by atoms with E-state index < -0.39 is 11.8 Å². The van der Waals surface area contributed by atoms with E-state index in [1.54, 1.807) is 37.1 Å². The Kier molecular flexibility index (Phi) is 6.92. The number of carbonyl (C=O) groups is 2. The maximum atomic E-state index is 12.9. The first-order valence-corrected chi connectivity index (χ1v) is 9.21. The van der Waals surface area contributed by atoms with Crippen molar-refractivity contribution >= 4 is 29.5 Å². The van der Waals surface area contributed by atoms with E-state index in [2.05, 4.69) is 28.8 Å². The zero-order chi connectivity index (χ0) is 20.8. The summed E-state index contributed by atoms with van der Waals surface area (Å²) in [6.45, 7) is 10.1. The van der Waals surface area contributed by atoms with Crippen LogP contribution >= 0.6 is 0 Å². The first-order valence-electron chi connectivity index (χ1n) is 9.21. The van der Waals surface area contributed by atoms with Crippen molar-refractivity contribution in [2.75, 3.05) is 17.6 Å². The van der Waals surface area contributed by atoms with Crippen molar-refractivity contribution in [1.29, 1.82) is 0 Å². The lowest BCUT2D eigenvalue weighted by Gasteiger charge is -2.38. The lowest BCUT2D eigenvalue weighted by molar-refractivity contribution is -0.145. The van der Waals surface area contributed by atoms with E-state index in [0.29, 0.717) is 41.8 Å². The Morgan fingerprint density at radius 3 is 2.79 bits per heavy atom. The highest BCUT2D eigenvalue weighted by Gasteiger charge is 2.34. The minimum absolute atomic E-state index is 0.291. The molecule has 150 valence electrons. The van der Waals surface area contributed by atoms with Crippen molar-refractivity contribution < 1.29 is 9.59 Å². The highest BCUT2D eigenvalue weighted by atomic mass is 16.2. The average molecular weight is 384 g/mol. The fourth-order valence-electron chi connectivity index (χ4n) is 3.05. The molecule has 1 aromatic rings. The lowest BCUT2D eigenvalue weighted by Crippen LogP contribution is -2.51. The van der Waals surface area contributed by atoms with Crippen molar-refractivity contribution in [1.82, 2.24) is 9.88 Å². The number of hydrogen-bond donors (Lipinski definition) is 3. The maximum absolute atomic E-state index is 12.9. The Labute approximate surface area is 165 Å². The van der Waals surface area contributed by atoms with Gasteiger partial charge in [0.2, 0.25) is 0 Å². The summed E-state index contributed by atoms with van der Waals surface area (Å²) >= 11 is 0. The smallest absolute Gasteiger partial charge is 0.313 e. The van der Waals surface area contributed by atoms with E-state index >= 15 is 0 Å². The average Bonchev–Trinajstić information content (AvgIpc) is 2.67. The van der Waals surface area contributed by atoms with Crippen LogP contribution in [-0.2, 0) is 9.59 Å². The van der Waals surface area contributed by atoms with E-state index in [9.17, 15) is 9.59 Å². The van der Waals surface area contributed by atoms with Crippen molar-refractivity contribution in [2.24, 2.45) is 16.6 Å². The van der Waals surface area contributed by atoms with Crippen LogP contribution in [0, 0.1) is 12.8 Å². The van der Waals surface area contributed by atoms with Crippen molar-refractivity contribution in [3.8, 4) is 0 Å². The number of aliphatic imine (C=N–C) groups is 1. The van der Waals surface area contributed by atoms with Crippen LogP contribution in [0.5, 0.6) is 0 Å². The number of pyridine rings is 1. The third-order valence-corrected chi connectivity index (χ3v) is 4.75. The molecule has 1 fully saturated rings. The second-order valence-corrected chi connectivity index (χ2v) is 7.08. The number of anilines is 2. The normalized spacial score (nSPS) is 20.2. The zero-order valence-electron chi connectivity index (χ0n) is 16.6. The maximum Gasteiger partial charge on any atom is 0.313 e. The molecule has 1 aliphatic rings. The molecule has 0 bridgehead atoms. The molecule has 2 atom stereocenters. The van der Waals surface area contributed by atoms with Crippen LogP contribution in [0.25, 0.3) is 0 Å². The summed E-state index contributed by atoms with van der Waals surface area (Å²) in [6.07, 6.45) is 6.30. The second-order valence-electron chi connectivity index (χ2n) is 7.08. The number of allylic oxidation sites excluding steroid dienone is 1. The molecule has 0 saturated carbocycles. The van der Waals surface area contributed by atoms with Crippen molar-refractivity contribution in [3.05, 3.63) is 41.9 Å². The molecule has 0 aliphatic carbocycles. The van der Waals surface area contributed by atoms with Gasteiger partial charge < -0.3 is 21.7 Å². The SMILES string of the molecule is C=C(/C=N\C(N)=C/C)[C@@H]1CC[C@@H](C)CN1C(=O)C(=O)Nc1cnc(N)c(C)c1. The molecule has 8 heteroatoms. The van der Waals surface area contributed by atoms with Crippen molar-refractivity contribution in [2.45, 2.75) is 39.7 Å². The minimum atomic E-state index is -0.720. The Bertz CT molecular complexity index is 830. The summed E-state index contributed by atoms with van der Waals surface area (Å²) in [6, 6.07) is 1.38. The monoisotopic (exact) mass is 384 g/mol. The summed E-state index contributed by atoms with van der Waals surface area (Å²) in [5.74, 6) is -0.293. The van der Waals surface area contributed by atoms with E-state index in [1.165, 1.54) is 6.20 Å². The summed E-state index contributed by atoms with van der Waals surface area (Å²) in [7, 11) is 0. The molecule has 1 aliphatic heterocycles. The van der Waals surface area contributed by atoms with Crippen molar-refractivity contribution in [3.63, 3.8) is 0 Å². The predicted octanol–water partition coefficient (Wildman–Crippen LogP) is 1.98. The first kappa shape index (κ1) is 21.1. The van der Waals surface area contributed by atoms with Gasteiger partial charge in [-0.25, -0.2) is 9.98 Å². The molecule has 8 nitrogen and oxygen atoms in total. The molecule has 1 saturated heterocycles. The first-order chi connectivity index (χ1) is 13.2. The largest absolute Gasteiger partial charge is 0.384 e. The van der Waals surface area contributed by atoms with E-state index in [4.69, 9.17) is 11.5 Å². The number of piperidine rings is 1. The van der Waals surface area contributed by atoms with Crippen LogP contribution < -0.4 is 16.8 Å². The highest BCUT2D eigenvalue weighted by Crippen LogP contribution is 2.26. The number of rotatable bonds is 4. The number of amides is 2. The van der Waals surface area contributed by atoms with Gasteiger partial charge in [-0.05, 0) is 55.9 Å². The molecule has 28 heavy (non-hydrogen) atoms. The van der Waals surface area contributed by atoms with Crippen LogP contribution in [-0.4, -0.2) is 40.5 Å². The molecule has 2 amide bonds. The second kappa shape index (κ2) is 9.16. The standard InChI is InChI=1S/C20H28N6O2/c1-5-17(21)23-9-14(4)16-7-6-12(2)11-26(16)20(28)19(27)25-15-8-13(3)18(22)24-10-15/h5,8-10,12,16H,4,6-7,11,21H2,1-3H3,(H2,22,24)(H,25,27)/b17-5-,23-9-/t12-,16+/m1/s1. The summed E-state index contributed by atoms with van der Waals surface area (Å²) in [5.41, 5.74) is 13.2. The number of aryl methyl sites for hydroxylation is 1. The number of nitrogens with zero attached hydrogens (tertiary/aromatic N) is 3. The summed E-state index contributed by atoms with van der Waals surface area (Å²) < 4.78 is 0. The van der Waals surface area contributed by atoms with E-state index in [-0.39, 0.29) is 6.04 Å². The topological polar surface area (TPSA) is 127 Å². The fraction of sp³-hybridized carbons (Fsp3) is 0.400. The van der Waals surface area contributed by atoms with Gasteiger partial charge in [-0.2, -0.15) is 0 Å². The van der Waals surface area contributed by atoms with Gasteiger partial charge >= 0.3 is 11.8 Å². The molecule has 2 heterocycles. The Balaban J connectivity index is 2.15. The predicted molar refractivity (Wildman–Crippen MR) is 111 cm³/mol. The molecule has 0 unspecified atom stereocenters. The van der Waals surface area contributed by atoms with Gasteiger partial charge in [0.05, 0.1) is 17.9 Å². The number of aromatic nitrogens is 1. The van der Waals surface area contributed by atoms with Gasteiger partial charge in [-0.3, -0.25) is 9.59 Å². The Hall–Kier alpha value is -3.16. The van der Waals surface area contributed by atoms with E-state index in [1.807, 2.05) is 0 Å². The van der Waals surface area contributed by atoms with Crippen LogP contribution in [0.2, 0.25) is 0 Å². The summed E-state index contributed by atoms with van der Waals surface area (Å²) in [4.78, 5) is 35.1. The quantitative estimate of drug-likeness (QED) is 0.540. The van der Waals surface area contributed by atoms with Gasteiger partial charge in [0, 0.05) is 12.8 Å². The number of hydrogen-bond acceptors (Lipinski definition) is 6. The zero-order valence-corrected chi connectivity index (χ0v) is 16.6. The number of nitrogens with two attached hydrogens (primary N) is 2. The third kappa shape index (κ3) is 5.18. The van der Waals surface area contributed by atoms with Gasteiger partial charge in [-0.1, -0.05) is 13.5 Å². The Morgan fingerprint density at radius 1 is 1.43 bits per heavy atom. The molecule has 0 aromatic carbocycles. The molecule has 0 spiro atoms. The summed E-state index contributed by atoms with van der Waals surface area (Å²) in [5, 5.41) is 2.60. The minimum Gasteiger partial charge on any atom is -0.384 e. The van der Waals surface area contributed by atoms with Gasteiger partial charge in [0.1, 0.15) is 11.6 Å². The molecular weight excluding hydrogens is 356 g/mol. The van der Waals surface area contributed by atoms with Gasteiger partial charge in [-0.15, -0.1) is 0 Å². The highest BCUT2D eigenvalue weighted by molar-refractivity contribution is 6.39. The molecule has 5 N–H and O–H groups in total. The lowest BCUT2D eigenvalue weighted by atomic mass is 9.90. The Morgan fingerprint density at radius 2 is 2.14 bits per heavy atom. The van der Waals surface area contributed by atoms with Gasteiger partial charge in [0.15, 0.2) is 0 Å². The molecule has 0 radical (unpaired) electrons. The fourth-order valence-corrected chi connectivity index (χ4v) is 3.05. The number of carbonyl (C=O) groups excluding carboxylic acids is 2. The number of nitrogen functional groups attached to an aromatic ring is 1. The molecule has 1 aromatic heterocycles. The molecular formula is C20H28N6O2. The van der Waals surface area contributed by atoms with Gasteiger partial charge in [0.25, 0.3) is 0 Å². The van der Waals surface area contributed by atoms with Crippen LogP contribution in [0.15, 0.2) is 41.3 Å². The van der Waals surface area contributed by atoms with Crippen LogP contribution in [0.1, 0.15) is 32.3 Å².